The number of hydrogen-bond donors (Lipinski definition) is 1. The minimum Gasteiger partial charge on any atom is -0.399 e. The van der Waals surface area contributed by atoms with E-state index >= 15 is 0 Å². The Kier molecular flexibility index (Phi) is 3.57. The molecule has 3 rings (SSSR count). The van der Waals surface area contributed by atoms with Gasteiger partial charge in [-0.25, -0.2) is 13.4 Å². The van der Waals surface area contributed by atoms with E-state index in [4.69, 9.17) is 5.73 Å². The van der Waals surface area contributed by atoms with Gasteiger partial charge in [0.1, 0.15) is 0 Å². The molecule has 0 atom stereocenters. The van der Waals surface area contributed by atoms with E-state index in [1.54, 1.807) is 18.2 Å². The first-order valence-electron chi connectivity index (χ1n) is 5.56. The zero-order valence-corrected chi connectivity index (χ0v) is 14.1. The number of fused-ring (bicyclic) bond motifs is 1. The van der Waals surface area contributed by atoms with E-state index in [0.29, 0.717) is 11.2 Å². The number of thiophene rings is 1. The fourth-order valence-electron chi connectivity index (χ4n) is 1.73. The van der Waals surface area contributed by atoms with Crippen LogP contribution in [0.2, 0.25) is 0 Å². The van der Waals surface area contributed by atoms with Crippen LogP contribution in [0.5, 0.6) is 0 Å². The maximum atomic E-state index is 12.4. The van der Waals surface area contributed by atoms with Gasteiger partial charge in [0.15, 0.2) is 0 Å². The van der Waals surface area contributed by atoms with Crippen molar-refractivity contribution in [3.8, 4) is 0 Å². The molecule has 104 valence electrons. The van der Waals surface area contributed by atoms with E-state index in [1.807, 2.05) is 11.4 Å². The topological polar surface area (TPSA) is 73.0 Å². The van der Waals surface area contributed by atoms with Crippen molar-refractivity contribution >= 4 is 64.3 Å². The molecule has 0 aliphatic carbocycles. The largest absolute Gasteiger partial charge is 0.399 e. The zero-order valence-electron chi connectivity index (χ0n) is 10.0. The maximum Gasteiger partial charge on any atom is 0.210 e. The number of halogens is 1. The second kappa shape index (κ2) is 5.10. The molecule has 0 fully saturated rings. The molecular weight excluding hydrogens is 380 g/mol. The van der Waals surface area contributed by atoms with Crippen LogP contribution in [0.15, 0.2) is 38.5 Å². The minimum atomic E-state index is -3.42. The summed E-state index contributed by atoms with van der Waals surface area (Å²) in [6.07, 6.45) is 0. The molecule has 8 heteroatoms. The van der Waals surface area contributed by atoms with E-state index in [9.17, 15) is 8.42 Å². The van der Waals surface area contributed by atoms with Crippen molar-refractivity contribution in [1.82, 2.24) is 4.98 Å². The third-order valence-corrected chi connectivity index (χ3v) is 7.63. The smallest absolute Gasteiger partial charge is 0.210 e. The number of nitrogens with zero attached hydrogens (tertiary/aromatic N) is 1. The minimum absolute atomic E-state index is 0.0292. The SMILES string of the molecule is Nc1ccc2nc(S(=O)(=O)Cc3cc(Br)cs3)sc2c1. The zero-order chi connectivity index (χ0) is 14.3. The number of thiazole rings is 1. The Morgan fingerprint density at radius 3 is 2.80 bits per heavy atom. The van der Waals surface area contributed by atoms with E-state index < -0.39 is 9.84 Å². The van der Waals surface area contributed by atoms with Gasteiger partial charge in [-0.15, -0.1) is 22.7 Å². The van der Waals surface area contributed by atoms with Crippen LogP contribution in [-0.2, 0) is 15.6 Å². The van der Waals surface area contributed by atoms with Crippen molar-refractivity contribution in [1.29, 1.82) is 0 Å². The molecule has 0 unspecified atom stereocenters. The van der Waals surface area contributed by atoms with Crippen LogP contribution in [0.3, 0.4) is 0 Å². The van der Waals surface area contributed by atoms with Gasteiger partial charge in [0.05, 0.1) is 16.0 Å². The van der Waals surface area contributed by atoms with Crippen molar-refractivity contribution in [2.45, 2.75) is 10.1 Å². The first-order chi connectivity index (χ1) is 9.44. The highest BCUT2D eigenvalue weighted by molar-refractivity contribution is 9.10. The summed E-state index contributed by atoms with van der Waals surface area (Å²) in [5, 5.41) is 1.86. The highest BCUT2D eigenvalue weighted by Crippen LogP contribution is 2.30. The number of benzene rings is 1. The van der Waals surface area contributed by atoms with Gasteiger partial charge in [-0.3, -0.25) is 0 Å². The number of aromatic nitrogens is 1. The Morgan fingerprint density at radius 2 is 2.10 bits per heavy atom. The standard InChI is InChI=1S/C12H9BrN2O2S3/c13-7-3-9(18-5-7)6-20(16,17)12-15-10-2-1-8(14)4-11(10)19-12/h1-5H,6,14H2. The molecule has 0 radical (unpaired) electrons. The molecule has 20 heavy (non-hydrogen) atoms. The first-order valence-corrected chi connectivity index (χ1v) is 9.70. The van der Waals surface area contributed by atoms with Gasteiger partial charge in [-0.05, 0) is 40.2 Å². The van der Waals surface area contributed by atoms with Crippen LogP contribution in [0.1, 0.15) is 4.88 Å². The summed E-state index contributed by atoms with van der Waals surface area (Å²) < 4.78 is 26.6. The Morgan fingerprint density at radius 1 is 1.30 bits per heavy atom. The fraction of sp³-hybridized carbons (Fsp3) is 0.0833. The second-order valence-electron chi connectivity index (χ2n) is 4.20. The number of anilines is 1. The van der Waals surface area contributed by atoms with Gasteiger partial charge in [-0.1, -0.05) is 0 Å². The molecule has 0 bridgehead atoms. The van der Waals surface area contributed by atoms with Gasteiger partial charge in [0, 0.05) is 20.4 Å². The van der Waals surface area contributed by atoms with Gasteiger partial charge in [0.2, 0.25) is 14.2 Å². The van der Waals surface area contributed by atoms with Crippen molar-refractivity contribution in [3.63, 3.8) is 0 Å². The van der Waals surface area contributed by atoms with Gasteiger partial charge >= 0.3 is 0 Å². The van der Waals surface area contributed by atoms with E-state index in [-0.39, 0.29) is 10.1 Å². The quantitative estimate of drug-likeness (QED) is 0.694. The summed E-state index contributed by atoms with van der Waals surface area (Å²) in [5.74, 6) is -0.0292. The monoisotopic (exact) mass is 388 g/mol. The molecule has 2 aromatic heterocycles. The fourth-order valence-corrected chi connectivity index (χ4v) is 6.22. The molecule has 1 aromatic carbocycles. The molecular formula is C12H9BrN2O2S3. The summed E-state index contributed by atoms with van der Waals surface area (Å²) in [7, 11) is -3.42. The van der Waals surface area contributed by atoms with Gasteiger partial charge < -0.3 is 5.73 Å². The molecule has 2 N–H and O–H groups in total. The molecule has 2 heterocycles. The van der Waals surface area contributed by atoms with Crippen molar-refractivity contribution in [3.05, 3.63) is 39.0 Å². The highest BCUT2D eigenvalue weighted by Gasteiger charge is 2.21. The number of nitrogen functional groups attached to an aromatic ring is 1. The summed E-state index contributed by atoms with van der Waals surface area (Å²) in [6, 6.07) is 7.01. The number of hydrogen-bond acceptors (Lipinski definition) is 6. The Hall–Kier alpha value is -0.960. The summed E-state index contributed by atoms with van der Waals surface area (Å²) in [6.45, 7) is 0. The molecule has 4 nitrogen and oxygen atoms in total. The number of sulfone groups is 1. The molecule has 0 amide bonds. The van der Waals surface area contributed by atoms with Crippen LogP contribution in [0, 0.1) is 0 Å². The van der Waals surface area contributed by atoms with Crippen LogP contribution in [-0.4, -0.2) is 13.4 Å². The van der Waals surface area contributed by atoms with E-state index in [1.165, 1.54) is 11.3 Å². The number of rotatable bonds is 3. The van der Waals surface area contributed by atoms with E-state index in [2.05, 4.69) is 20.9 Å². The molecule has 0 saturated carbocycles. The lowest BCUT2D eigenvalue weighted by Crippen LogP contribution is -2.03. The van der Waals surface area contributed by atoms with Crippen LogP contribution in [0.25, 0.3) is 10.2 Å². The lowest BCUT2D eigenvalue weighted by Gasteiger charge is -1.97. The maximum absolute atomic E-state index is 12.4. The summed E-state index contributed by atoms with van der Waals surface area (Å²) in [5.41, 5.74) is 6.96. The Labute approximate surface area is 132 Å². The average molecular weight is 389 g/mol. The molecule has 0 aliphatic heterocycles. The first kappa shape index (κ1) is 14.0. The van der Waals surface area contributed by atoms with Crippen LogP contribution < -0.4 is 5.73 Å². The molecule has 0 spiro atoms. The second-order valence-corrected chi connectivity index (χ2v) is 9.30. The lowest BCUT2D eigenvalue weighted by molar-refractivity contribution is 0.595. The molecule has 3 aromatic rings. The third-order valence-electron chi connectivity index (χ3n) is 2.61. The van der Waals surface area contributed by atoms with Gasteiger partial charge in [-0.2, -0.15) is 0 Å². The van der Waals surface area contributed by atoms with Gasteiger partial charge in [0.25, 0.3) is 0 Å². The summed E-state index contributed by atoms with van der Waals surface area (Å²) >= 11 is 5.89. The highest BCUT2D eigenvalue weighted by atomic mass is 79.9. The lowest BCUT2D eigenvalue weighted by atomic mass is 10.3. The molecule has 0 saturated heterocycles. The predicted molar refractivity (Wildman–Crippen MR) is 86.9 cm³/mol. The molecule has 0 aliphatic rings. The van der Waals surface area contributed by atoms with Crippen molar-refractivity contribution in [2.24, 2.45) is 0 Å². The van der Waals surface area contributed by atoms with Crippen LogP contribution in [0.4, 0.5) is 5.69 Å². The average Bonchev–Trinajstić information content (AvgIpc) is 2.95. The van der Waals surface area contributed by atoms with E-state index in [0.717, 1.165) is 25.4 Å². The Balaban J connectivity index is 2.00. The predicted octanol–water partition coefficient (Wildman–Crippen LogP) is 3.68. The normalized spacial score (nSPS) is 12.1. The number of nitrogens with two attached hydrogens (primary N) is 1. The van der Waals surface area contributed by atoms with Crippen molar-refractivity contribution < 1.29 is 8.42 Å². The summed E-state index contributed by atoms with van der Waals surface area (Å²) in [4.78, 5) is 4.98. The third kappa shape index (κ3) is 2.73. The van der Waals surface area contributed by atoms with Crippen LogP contribution >= 0.6 is 38.6 Å². The van der Waals surface area contributed by atoms with Crippen molar-refractivity contribution in [2.75, 3.05) is 5.73 Å². The Bertz CT molecular complexity index is 883.